The first-order chi connectivity index (χ1) is 9.91. The van der Waals surface area contributed by atoms with Gasteiger partial charge in [0.15, 0.2) is 0 Å². The summed E-state index contributed by atoms with van der Waals surface area (Å²) in [6, 6.07) is 11.8. The van der Waals surface area contributed by atoms with E-state index in [1.54, 1.807) is 13.2 Å². The molecule has 21 heavy (non-hydrogen) atoms. The zero-order chi connectivity index (χ0) is 15.5. The maximum Gasteiger partial charge on any atom is 0.240 e. The second-order valence-corrected chi connectivity index (χ2v) is 5.88. The van der Waals surface area contributed by atoms with Crippen LogP contribution in [0.15, 0.2) is 47.4 Å². The maximum absolute atomic E-state index is 11.4. The van der Waals surface area contributed by atoms with Gasteiger partial charge < -0.3 is 15.2 Å². The number of nitrogens with two attached hydrogens (primary N) is 2. The molecular weight excluding hydrogens is 292 g/mol. The highest BCUT2D eigenvalue weighted by Gasteiger charge is 2.15. The molecule has 112 valence electrons. The number of benzene rings is 2. The van der Waals surface area contributed by atoms with Gasteiger partial charge in [0.2, 0.25) is 10.0 Å². The summed E-state index contributed by atoms with van der Waals surface area (Å²) < 4.78 is 33.4. The Bertz CT molecular complexity index is 727. The molecule has 0 saturated carbocycles. The quantitative estimate of drug-likeness (QED) is 0.814. The van der Waals surface area contributed by atoms with Crippen LogP contribution in [0.3, 0.4) is 0 Å². The summed E-state index contributed by atoms with van der Waals surface area (Å²) in [5.41, 5.74) is 6.68. The number of hydrogen-bond donors (Lipinski definition) is 2. The van der Waals surface area contributed by atoms with Gasteiger partial charge in [0.05, 0.1) is 12.8 Å². The van der Waals surface area contributed by atoms with Gasteiger partial charge in [-0.15, -0.1) is 0 Å². The Balaban J connectivity index is 2.16. The van der Waals surface area contributed by atoms with Crippen molar-refractivity contribution < 1.29 is 17.9 Å². The molecule has 0 saturated heterocycles. The van der Waals surface area contributed by atoms with Crippen LogP contribution >= 0.6 is 0 Å². The summed E-state index contributed by atoms with van der Waals surface area (Å²) in [5.74, 6) is 1.02. The maximum atomic E-state index is 11.4. The standard InChI is InChI=1S/C14H16N2O4S/c1-19-11-7-5-10(6-8-11)9-20-12-3-2-4-13(14(12)15)21(16,17)18/h2-8H,9,15H2,1H3,(H2,16,17,18). The second-order valence-electron chi connectivity index (χ2n) is 4.35. The van der Waals surface area contributed by atoms with E-state index in [0.717, 1.165) is 11.3 Å². The highest BCUT2D eigenvalue weighted by Crippen LogP contribution is 2.28. The summed E-state index contributed by atoms with van der Waals surface area (Å²) in [4.78, 5) is -0.144. The van der Waals surface area contributed by atoms with E-state index in [1.807, 2.05) is 24.3 Å². The molecule has 0 fully saturated rings. The third-order valence-electron chi connectivity index (χ3n) is 2.89. The number of hydrogen-bond acceptors (Lipinski definition) is 5. The van der Waals surface area contributed by atoms with Crippen molar-refractivity contribution in [3.05, 3.63) is 48.0 Å². The van der Waals surface area contributed by atoms with E-state index < -0.39 is 10.0 Å². The smallest absolute Gasteiger partial charge is 0.240 e. The highest BCUT2D eigenvalue weighted by atomic mass is 32.2. The van der Waals surface area contributed by atoms with E-state index >= 15 is 0 Å². The molecule has 0 unspecified atom stereocenters. The average molecular weight is 308 g/mol. The number of para-hydroxylation sites is 1. The molecule has 0 atom stereocenters. The van der Waals surface area contributed by atoms with Gasteiger partial charge in [-0.25, -0.2) is 13.6 Å². The molecule has 0 aliphatic carbocycles. The minimum absolute atomic E-state index is 0.00788. The van der Waals surface area contributed by atoms with Gasteiger partial charge >= 0.3 is 0 Å². The molecule has 7 heteroatoms. The van der Waals surface area contributed by atoms with Gasteiger partial charge in [-0.3, -0.25) is 0 Å². The van der Waals surface area contributed by atoms with Crippen LogP contribution in [0.2, 0.25) is 0 Å². The number of rotatable bonds is 5. The number of sulfonamides is 1. The fourth-order valence-corrected chi connectivity index (χ4v) is 2.46. The Hall–Kier alpha value is -2.25. The van der Waals surface area contributed by atoms with Gasteiger partial charge in [-0.05, 0) is 29.8 Å². The topological polar surface area (TPSA) is 105 Å². The Morgan fingerprint density at radius 3 is 2.33 bits per heavy atom. The van der Waals surface area contributed by atoms with E-state index in [1.165, 1.54) is 12.1 Å². The van der Waals surface area contributed by atoms with Gasteiger partial charge in [0.25, 0.3) is 0 Å². The van der Waals surface area contributed by atoms with Crippen LogP contribution in [0.5, 0.6) is 11.5 Å². The second kappa shape index (κ2) is 6.02. The highest BCUT2D eigenvalue weighted by molar-refractivity contribution is 7.89. The molecule has 2 aromatic rings. The predicted octanol–water partition coefficient (Wildman–Crippen LogP) is 1.50. The molecule has 6 nitrogen and oxygen atoms in total. The summed E-state index contributed by atoms with van der Waals surface area (Å²) in [5, 5.41) is 5.09. The van der Waals surface area contributed by atoms with Crippen LogP contribution in [0, 0.1) is 0 Å². The number of anilines is 1. The number of primary sulfonamides is 1. The normalized spacial score (nSPS) is 11.1. The van der Waals surface area contributed by atoms with E-state index in [4.69, 9.17) is 20.3 Å². The first-order valence-corrected chi connectivity index (χ1v) is 7.63. The van der Waals surface area contributed by atoms with Gasteiger partial charge in [-0.2, -0.15) is 0 Å². The Morgan fingerprint density at radius 1 is 1.10 bits per heavy atom. The lowest BCUT2D eigenvalue weighted by Gasteiger charge is -2.11. The predicted molar refractivity (Wildman–Crippen MR) is 79.6 cm³/mol. The molecule has 0 heterocycles. The molecule has 0 amide bonds. The van der Waals surface area contributed by atoms with Gasteiger partial charge in [0.1, 0.15) is 23.0 Å². The molecule has 0 aliphatic heterocycles. The van der Waals surface area contributed by atoms with Gasteiger partial charge in [-0.1, -0.05) is 18.2 Å². The van der Waals surface area contributed by atoms with Crippen molar-refractivity contribution in [1.82, 2.24) is 0 Å². The van der Waals surface area contributed by atoms with Crippen LogP contribution in [0.4, 0.5) is 5.69 Å². The zero-order valence-corrected chi connectivity index (χ0v) is 12.3. The SMILES string of the molecule is COc1ccc(COc2cccc(S(N)(=O)=O)c2N)cc1. The van der Waals surface area contributed by atoms with Crippen LogP contribution < -0.4 is 20.3 Å². The fourth-order valence-electron chi connectivity index (χ4n) is 1.78. The lowest BCUT2D eigenvalue weighted by Crippen LogP contribution is -2.14. The van der Waals surface area contributed by atoms with Crippen molar-refractivity contribution in [2.24, 2.45) is 5.14 Å². The minimum atomic E-state index is -3.87. The van der Waals surface area contributed by atoms with Crippen molar-refractivity contribution in [1.29, 1.82) is 0 Å². The zero-order valence-electron chi connectivity index (χ0n) is 11.4. The molecule has 2 aromatic carbocycles. The first kappa shape index (κ1) is 15.1. The molecule has 4 N–H and O–H groups in total. The van der Waals surface area contributed by atoms with Crippen molar-refractivity contribution in [3.8, 4) is 11.5 Å². The Labute approximate surface area is 123 Å². The monoisotopic (exact) mass is 308 g/mol. The Morgan fingerprint density at radius 2 is 1.76 bits per heavy atom. The molecule has 0 spiro atoms. The number of nitrogen functional groups attached to an aromatic ring is 1. The van der Waals surface area contributed by atoms with E-state index in [-0.39, 0.29) is 22.9 Å². The van der Waals surface area contributed by atoms with E-state index in [0.29, 0.717) is 0 Å². The molecule has 2 rings (SSSR count). The first-order valence-electron chi connectivity index (χ1n) is 6.09. The third kappa shape index (κ3) is 3.65. The van der Waals surface area contributed by atoms with Crippen molar-refractivity contribution >= 4 is 15.7 Å². The van der Waals surface area contributed by atoms with Crippen molar-refractivity contribution in [3.63, 3.8) is 0 Å². The molecule has 0 aromatic heterocycles. The lowest BCUT2D eigenvalue weighted by molar-refractivity contribution is 0.307. The molecule has 0 aliphatic rings. The average Bonchev–Trinajstić information content (AvgIpc) is 2.45. The summed E-state index contributed by atoms with van der Waals surface area (Å²) >= 11 is 0. The number of ether oxygens (including phenoxy) is 2. The van der Waals surface area contributed by atoms with Crippen LogP contribution in [0.1, 0.15) is 5.56 Å². The third-order valence-corrected chi connectivity index (χ3v) is 3.86. The lowest BCUT2D eigenvalue weighted by atomic mass is 10.2. The van der Waals surface area contributed by atoms with Crippen LogP contribution in [0.25, 0.3) is 0 Å². The Kier molecular flexibility index (Phi) is 4.35. The van der Waals surface area contributed by atoms with Crippen molar-refractivity contribution in [2.75, 3.05) is 12.8 Å². The van der Waals surface area contributed by atoms with E-state index in [9.17, 15) is 8.42 Å². The minimum Gasteiger partial charge on any atom is -0.497 e. The molecule has 0 bridgehead atoms. The van der Waals surface area contributed by atoms with Crippen LogP contribution in [-0.4, -0.2) is 15.5 Å². The molecular formula is C14H16N2O4S. The van der Waals surface area contributed by atoms with Crippen LogP contribution in [-0.2, 0) is 16.6 Å². The summed E-state index contributed by atoms with van der Waals surface area (Å²) in [6.07, 6.45) is 0. The van der Waals surface area contributed by atoms with E-state index in [2.05, 4.69) is 0 Å². The summed E-state index contributed by atoms with van der Waals surface area (Å²) in [6.45, 7) is 0.252. The number of methoxy groups -OCH3 is 1. The molecule has 0 radical (unpaired) electrons. The van der Waals surface area contributed by atoms with Gasteiger partial charge in [0, 0.05) is 0 Å². The van der Waals surface area contributed by atoms with Crippen molar-refractivity contribution in [2.45, 2.75) is 11.5 Å². The largest absolute Gasteiger partial charge is 0.497 e. The summed E-state index contributed by atoms with van der Waals surface area (Å²) in [7, 11) is -2.28. The fraction of sp³-hybridized carbons (Fsp3) is 0.143.